The molecular weight excluding hydrogens is 531 g/mol. The van der Waals surface area contributed by atoms with Gasteiger partial charge >= 0.3 is 6.09 Å². The number of fused-ring (bicyclic) bond motifs is 1. The maximum Gasteiger partial charge on any atom is 0.414 e. The predicted octanol–water partition coefficient (Wildman–Crippen LogP) is 4.71. The summed E-state index contributed by atoms with van der Waals surface area (Å²) >= 11 is 13.1. The molecule has 0 radical (unpaired) electrons. The molecule has 0 spiro atoms. The predicted molar refractivity (Wildman–Crippen MR) is 145 cm³/mol. The van der Waals surface area contributed by atoms with Crippen molar-refractivity contribution >= 4 is 57.6 Å². The molecule has 38 heavy (non-hydrogen) atoms. The van der Waals surface area contributed by atoms with Crippen molar-refractivity contribution in [2.75, 3.05) is 12.0 Å². The van der Waals surface area contributed by atoms with Crippen LogP contribution in [0.5, 0.6) is 0 Å². The number of pyridine rings is 1. The maximum atomic E-state index is 12.7. The summed E-state index contributed by atoms with van der Waals surface area (Å²) in [5.41, 5.74) is 4.94. The van der Waals surface area contributed by atoms with Crippen molar-refractivity contribution in [1.82, 2.24) is 14.5 Å². The molecule has 0 aliphatic heterocycles. The molecule has 2 aromatic heterocycles. The van der Waals surface area contributed by atoms with E-state index in [4.69, 9.17) is 23.2 Å². The molecule has 4 aromatic rings. The minimum Gasteiger partial charge on any atom is -0.450 e. The molecule has 2 N–H and O–H groups in total. The van der Waals surface area contributed by atoms with Crippen LogP contribution in [0.3, 0.4) is 0 Å². The number of halogens is 2. The van der Waals surface area contributed by atoms with Gasteiger partial charge in [-0.1, -0.05) is 53.5 Å². The average Bonchev–Trinajstić information content (AvgIpc) is 3.30. The van der Waals surface area contributed by atoms with E-state index in [1.165, 1.54) is 18.2 Å². The second-order valence-electron chi connectivity index (χ2n) is 7.85. The molecule has 0 saturated carbocycles. The monoisotopic (exact) mass is 550 g/mol. The van der Waals surface area contributed by atoms with Crippen molar-refractivity contribution < 1.29 is 14.3 Å². The molecule has 0 aliphatic rings. The van der Waals surface area contributed by atoms with E-state index in [0.29, 0.717) is 23.3 Å². The molecule has 4 rings (SSSR count). The van der Waals surface area contributed by atoms with E-state index in [1.807, 2.05) is 41.7 Å². The van der Waals surface area contributed by atoms with Crippen LogP contribution in [0.1, 0.15) is 12.5 Å². The number of imide groups is 1. The number of hydrazone groups is 1. The van der Waals surface area contributed by atoms with E-state index in [0.717, 1.165) is 5.56 Å². The van der Waals surface area contributed by atoms with Gasteiger partial charge in [0.05, 0.1) is 45.6 Å². The third-order valence-electron chi connectivity index (χ3n) is 5.39. The van der Waals surface area contributed by atoms with Gasteiger partial charge in [-0.2, -0.15) is 10.4 Å². The number of carbonyl (C=O) groups is 2. The molecule has 0 unspecified atom stereocenters. The summed E-state index contributed by atoms with van der Waals surface area (Å²) in [4.78, 5) is 36.1. The summed E-state index contributed by atoms with van der Waals surface area (Å²) in [5, 5.41) is 15.3. The third kappa shape index (κ3) is 5.70. The molecule has 12 heteroatoms. The zero-order chi connectivity index (χ0) is 27.2. The summed E-state index contributed by atoms with van der Waals surface area (Å²) in [7, 11) is 0. The number of nitrogens with one attached hydrogen (secondary N) is 2. The van der Waals surface area contributed by atoms with Crippen molar-refractivity contribution in [3.63, 3.8) is 0 Å². The minimum atomic E-state index is -1.03. The summed E-state index contributed by atoms with van der Waals surface area (Å²) in [6.45, 7) is 2.03. The second kappa shape index (κ2) is 11.6. The Bertz CT molecular complexity index is 1630. The van der Waals surface area contributed by atoms with Crippen molar-refractivity contribution in [2.45, 2.75) is 13.5 Å². The molecular formula is C26H20Cl2N6O4. The van der Waals surface area contributed by atoms with Gasteiger partial charge in [0, 0.05) is 12.3 Å². The summed E-state index contributed by atoms with van der Waals surface area (Å²) in [5.74, 6) is -1.03. The van der Waals surface area contributed by atoms with Gasteiger partial charge in [0.25, 0.3) is 11.5 Å². The van der Waals surface area contributed by atoms with Gasteiger partial charge in [-0.3, -0.25) is 20.3 Å². The Morgan fingerprint density at radius 1 is 1.05 bits per heavy atom. The summed E-state index contributed by atoms with van der Waals surface area (Å²) in [6.07, 6.45) is 0.765. The molecule has 0 bridgehead atoms. The molecule has 2 aromatic carbocycles. The van der Waals surface area contributed by atoms with Crippen molar-refractivity contribution in [3.05, 3.63) is 92.8 Å². The quantitative estimate of drug-likeness (QED) is 0.253. The number of nitrogens with zero attached hydrogens (tertiary/aromatic N) is 4. The third-order valence-corrected chi connectivity index (χ3v) is 5.97. The van der Waals surface area contributed by atoms with Crippen LogP contribution in [-0.2, 0) is 16.1 Å². The fourth-order valence-corrected chi connectivity index (χ4v) is 4.41. The van der Waals surface area contributed by atoms with Gasteiger partial charge in [-0.05, 0) is 36.8 Å². The molecule has 0 aliphatic carbocycles. The number of hydrogen-bond acceptors (Lipinski definition) is 7. The lowest BCUT2D eigenvalue weighted by molar-refractivity contribution is -0.114. The zero-order valence-corrected chi connectivity index (χ0v) is 21.5. The van der Waals surface area contributed by atoms with E-state index in [-0.39, 0.29) is 27.9 Å². The van der Waals surface area contributed by atoms with E-state index in [2.05, 4.69) is 15.3 Å². The van der Waals surface area contributed by atoms with Crippen LogP contribution >= 0.6 is 23.2 Å². The Labute approximate surface area is 226 Å². The summed E-state index contributed by atoms with van der Waals surface area (Å²) < 4.78 is 8.04. The molecule has 192 valence electrons. The number of rotatable bonds is 7. The number of anilines is 1. The molecule has 2 heterocycles. The van der Waals surface area contributed by atoms with Crippen LogP contribution < -0.4 is 16.3 Å². The van der Waals surface area contributed by atoms with Crippen LogP contribution in [0.2, 0.25) is 10.0 Å². The number of aromatic nitrogens is 2. The molecule has 2 amide bonds. The fourth-order valence-electron chi connectivity index (χ4n) is 3.74. The SMILES string of the molecule is CCOC(=O)NC(=O)/C(C#N)=N\Nc1cc(Cl)c(-n2ccc3c2ccc(=O)n3Cc2ccccc2)c(Cl)c1. The molecule has 0 saturated heterocycles. The Morgan fingerprint density at radius 2 is 1.76 bits per heavy atom. The zero-order valence-electron chi connectivity index (χ0n) is 19.9. The number of carbonyl (C=O) groups excluding carboxylic acids is 2. The van der Waals surface area contributed by atoms with Crippen molar-refractivity contribution in [1.29, 1.82) is 5.26 Å². The molecule has 10 nitrogen and oxygen atoms in total. The Kier molecular flexibility index (Phi) is 8.11. The fraction of sp³-hybridized carbons (Fsp3) is 0.115. The van der Waals surface area contributed by atoms with Crippen LogP contribution in [0, 0.1) is 11.3 Å². The highest BCUT2D eigenvalue weighted by molar-refractivity contribution is 6.47. The summed E-state index contributed by atoms with van der Waals surface area (Å²) in [6, 6.07) is 19.2. The number of ether oxygens (including phenoxy) is 1. The van der Waals surface area contributed by atoms with Crippen LogP contribution in [0.4, 0.5) is 10.5 Å². The Morgan fingerprint density at radius 3 is 2.42 bits per heavy atom. The number of hydrogen-bond donors (Lipinski definition) is 2. The van der Waals surface area contributed by atoms with E-state index in [9.17, 15) is 19.6 Å². The van der Waals surface area contributed by atoms with Crippen molar-refractivity contribution in [3.8, 4) is 11.8 Å². The Balaban J connectivity index is 1.64. The first-order chi connectivity index (χ1) is 18.3. The highest BCUT2D eigenvalue weighted by Gasteiger charge is 2.17. The minimum absolute atomic E-state index is 0.0570. The lowest BCUT2D eigenvalue weighted by Gasteiger charge is -2.13. The lowest BCUT2D eigenvalue weighted by atomic mass is 10.2. The van der Waals surface area contributed by atoms with E-state index >= 15 is 0 Å². The van der Waals surface area contributed by atoms with Crippen molar-refractivity contribution in [2.24, 2.45) is 5.10 Å². The van der Waals surface area contributed by atoms with Crippen LogP contribution in [-0.4, -0.2) is 33.5 Å². The van der Waals surface area contributed by atoms with Gasteiger partial charge in [0.2, 0.25) is 5.71 Å². The average molecular weight is 551 g/mol. The largest absolute Gasteiger partial charge is 0.450 e. The van der Waals surface area contributed by atoms with Gasteiger partial charge in [-0.25, -0.2) is 4.79 Å². The molecule has 0 fully saturated rings. The first kappa shape index (κ1) is 26.5. The first-order valence-electron chi connectivity index (χ1n) is 11.3. The van der Waals surface area contributed by atoms with Crippen LogP contribution in [0.15, 0.2) is 76.8 Å². The number of benzene rings is 2. The van der Waals surface area contributed by atoms with Gasteiger partial charge in [0.15, 0.2) is 0 Å². The number of alkyl carbamates (subject to hydrolysis) is 1. The Hall–Kier alpha value is -4.59. The molecule has 0 atom stereocenters. The van der Waals surface area contributed by atoms with Gasteiger partial charge < -0.3 is 13.9 Å². The lowest BCUT2D eigenvalue weighted by Crippen LogP contribution is -2.36. The van der Waals surface area contributed by atoms with Gasteiger partial charge in [-0.15, -0.1) is 0 Å². The number of nitriles is 1. The maximum absolute atomic E-state index is 12.7. The van der Waals surface area contributed by atoms with Crippen LogP contribution in [0.25, 0.3) is 16.7 Å². The first-order valence-corrected chi connectivity index (χ1v) is 12.0. The highest BCUT2D eigenvalue weighted by Crippen LogP contribution is 2.34. The highest BCUT2D eigenvalue weighted by atomic mass is 35.5. The number of amides is 2. The van der Waals surface area contributed by atoms with E-state index in [1.54, 1.807) is 34.4 Å². The standard InChI is InChI=1S/C26H20Cl2N6O4/c1-2-38-26(37)30-25(36)20(14-29)32-31-17-12-18(27)24(19(28)13-17)33-11-10-22-21(33)8-9-23(35)34(22)15-16-6-4-3-5-7-16/h3-13,31H,2,15H2,1H3,(H,30,36,37)/b32-20-. The smallest absolute Gasteiger partial charge is 0.414 e. The van der Waals surface area contributed by atoms with E-state index < -0.39 is 17.7 Å². The normalized spacial score (nSPS) is 11.2. The topological polar surface area (TPSA) is 131 Å². The van der Waals surface area contributed by atoms with Gasteiger partial charge in [0.1, 0.15) is 6.07 Å². The second-order valence-corrected chi connectivity index (χ2v) is 8.66.